The molecule has 188 valence electrons. The molecule has 0 atom stereocenters. The first-order chi connectivity index (χ1) is 19.8. The van der Waals surface area contributed by atoms with Gasteiger partial charge in [-0.2, -0.15) is 0 Å². The smallest absolute Gasteiger partial charge is 0.0535 e. The van der Waals surface area contributed by atoms with Gasteiger partial charge in [0.05, 0.1) is 11.0 Å². The average Bonchev–Trinajstić information content (AvgIpc) is 3.51. The molecule has 1 aliphatic carbocycles. The Morgan fingerprint density at radius 3 is 1.95 bits per heavy atom. The van der Waals surface area contributed by atoms with Crippen LogP contribution in [0.3, 0.4) is 0 Å². The number of nitrogens with zero attached hydrogens (tertiary/aromatic N) is 1. The maximum atomic E-state index is 2.39. The summed E-state index contributed by atoms with van der Waals surface area (Å²) < 4.78 is 2.39. The molecule has 40 heavy (non-hydrogen) atoms. The van der Waals surface area contributed by atoms with Crippen molar-refractivity contribution in [2.24, 2.45) is 0 Å². The summed E-state index contributed by atoms with van der Waals surface area (Å²) >= 11 is 0. The summed E-state index contributed by atoms with van der Waals surface area (Å²) in [6.07, 6.45) is 2.36. The third-order valence-corrected chi connectivity index (χ3v) is 8.32. The Kier molecular flexibility index (Phi) is 5.11. The van der Waals surface area contributed by atoms with E-state index in [0.29, 0.717) is 0 Å². The Bertz CT molecular complexity index is 2110. The summed E-state index contributed by atoms with van der Waals surface area (Å²) in [4.78, 5) is 0. The highest BCUT2D eigenvalue weighted by Crippen LogP contribution is 2.46. The van der Waals surface area contributed by atoms with Gasteiger partial charge in [-0.3, -0.25) is 0 Å². The first-order valence-electron chi connectivity index (χ1n) is 13.9. The number of aromatic nitrogens is 1. The van der Waals surface area contributed by atoms with Gasteiger partial charge in [-0.15, -0.1) is 0 Å². The minimum absolute atomic E-state index is 1.22. The molecule has 1 heterocycles. The van der Waals surface area contributed by atoms with Gasteiger partial charge in [-0.25, -0.2) is 0 Å². The second-order valence-corrected chi connectivity index (χ2v) is 10.7. The molecule has 1 nitrogen and oxygen atoms in total. The van der Waals surface area contributed by atoms with Crippen LogP contribution in [0.2, 0.25) is 0 Å². The zero-order valence-corrected chi connectivity index (χ0v) is 22.3. The van der Waals surface area contributed by atoms with Crippen LogP contribution in [0.1, 0.15) is 16.7 Å². The van der Waals surface area contributed by atoms with Crippen LogP contribution < -0.4 is 0 Å². The van der Waals surface area contributed by atoms with Crippen molar-refractivity contribution in [1.82, 2.24) is 4.57 Å². The van der Waals surface area contributed by atoms with Gasteiger partial charge >= 0.3 is 0 Å². The van der Waals surface area contributed by atoms with E-state index in [9.17, 15) is 0 Å². The molecule has 0 aliphatic heterocycles. The lowest BCUT2D eigenvalue weighted by atomic mass is 9.98. The van der Waals surface area contributed by atoms with Gasteiger partial charge in [0.1, 0.15) is 0 Å². The maximum absolute atomic E-state index is 2.39. The second-order valence-electron chi connectivity index (χ2n) is 10.7. The van der Waals surface area contributed by atoms with E-state index in [0.717, 1.165) is 0 Å². The van der Waals surface area contributed by atoms with Crippen molar-refractivity contribution in [3.05, 3.63) is 156 Å². The lowest BCUT2D eigenvalue weighted by Crippen LogP contribution is -1.92. The van der Waals surface area contributed by atoms with Gasteiger partial charge in [0.15, 0.2) is 0 Å². The Balaban J connectivity index is 1.34. The van der Waals surface area contributed by atoms with E-state index in [1.807, 2.05) is 0 Å². The zero-order valence-electron chi connectivity index (χ0n) is 22.3. The van der Waals surface area contributed by atoms with Crippen molar-refractivity contribution >= 4 is 33.6 Å². The first-order valence-corrected chi connectivity index (χ1v) is 13.9. The summed E-state index contributed by atoms with van der Waals surface area (Å²) in [5.41, 5.74) is 15.2. The highest BCUT2D eigenvalue weighted by Gasteiger charge is 2.25. The maximum Gasteiger partial charge on any atom is 0.0535 e. The molecular weight excluding hydrogens is 482 g/mol. The molecule has 0 saturated carbocycles. The monoisotopic (exact) mass is 509 g/mol. The van der Waals surface area contributed by atoms with E-state index < -0.39 is 0 Å². The molecule has 8 rings (SSSR count). The molecule has 0 amide bonds. The predicted octanol–water partition coefficient (Wildman–Crippen LogP) is 10.5. The standard InChI is InChI=1S/C39H27N/c1-26-11-9-19-34-31-16-5-6-17-32(31)36(39(26)34)25-40-37-20-8-7-18-33(37)35-24-30(21-22-38(35)40)29-15-10-14-28(23-29)27-12-3-2-4-13-27/h2-25H,1H3/b36-25-. The number of fused-ring (bicyclic) bond motifs is 6. The molecule has 0 fully saturated rings. The van der Waals surface area contributed by atoms with Crippen LogP contribution in [0.15, 0.2) is 140 Å². The van der Waals surface area contributed by atoms with Crippen LogP contribution in [0.4, 0.5) is 0 Å². The summed E-state index contributed by atoms with van der Waals surface area (Å²) in [5, 5.41) is 2.54. The quantitative estimate of drug-likeness (QED) is 0.223. The minimum atomic E-state index is 1.22. The largest absolute Gasteiger partial charge is 0.315 e. The van der Waals surface area contributed by atoms with Crippen molar-refractivity contribution < 1.29 is 0 Å². The molecule has 0 radical (unpaired) electrons. The summed E-state index contributed by atoms with van der Waals surface area (Å²) in [5.74, 6) is 0. The molecule has 0 spiro atoms. The van der Waals surface area contributed by atoms with Crippen LogP contribution >= 0.6 is 0 Å². The second kappa shape index (κ2) is 8.97. The Morgan fingerprint density at radius 2 is 1.07 bits per heavy atom. The average molecular weight is 510 g/mol. The Morgan fingerprint density at radius 1 is 0.450 bits per heavy atom. The van der Waals surface area contributed by atoms with Crippen molar-refractivity contribution in [3.8, 4) is 33.4 Å². The molecule has 1 aromatic heterocycles. The fourth-order valence-electron chi connectivity index (χ4n) is 6.43. The van der Waals surface area contributed by atoms with Crippen LogP contribution in [0, 0.1) is 6.92 Å². The van der Waals surface area contributed by atoms with E-state index >= 15 is 0 Å². The highest BCUT2D eigenvalue weighted by molar-refractivity contribution is 6.13. The fourth-order valence-corrected chi connectivity index (χ4v) is 6.43. The van der Waals surface area contributed by atoms with Gasteiger partial charge in [0, 0.05) is 22.5 Å². The van der Waals surface area contributed by atoms with Crippen molar-refractivity contribution in [3.63, 3.8) is 0 Å². The van der Waals surface area contributed by atoms with Crippen LogP contribution in [0.25, 0.3) is 67.0 Å². The third kappa shape index (κ3) is 3.48. The SMILES string of the molecule is Cc1cccc2c1/C(=C\n1c3ccccc3c3cc(-c4cccc(-c5ccccc5)c4)ccc31)c1ccccc1-2. The number of benzene rings is 6. The molecule has 1 heteroatoms. The van der Waals surface area contributed by atoms with Crippen LogP contribution in [-0.2, 0) is 0 Å². The number of rotatable bonds is 3. The van der Waals surface area contributed by atoms with Crippen molar-refractivity contribution in [1.29, 1.82) is 0 Å². The van der Waals surface area contributed by atoms with Crippen LogP contribution in [0.5, 0.6) is 0 Å². The first kappa shape index (κ1) is 22.8. The number of aryl methyl sites for hydroxylation is 1. The van der Waals surface area contributed by atoms with Gasteiger partial charge in [-0.1, -0.05) is 115 Å². The van der Waals surface area contributed by atoms with Crippen molar-refractivity contribution in [2.45, 2.75) is 6.92 Å². The molecule has 0 bridgehead atoms. The fraction of sp³-hybridized carbons (Fsp3) is 0.0256. The molecule has 0 N–H and O–H groups in total. The summed E-state index contributed by atoms with van der Waals surface area (Å²) in [7, 11) is 0. The Hall–Kier alpha value is -5.14. The molecule has 6 aromatic carbocycles. The number of para-hydroxylation sites is 1. The lowest BCUT2D eigenvalue weighted by molar-refractivity contribution is 1.29. The highest BCUT2D eigenvalue weighted by atomic mass is 15.0. The molecule has 0 unspecified atom stereocenters. The van der Waals surface area contributed by atoms with E-state index in [2.05, 4.69) is 157 Å². The van der Waals surface area contributed by atoms with Crippen LogP contribution in [-0.4, -0.2) is 4.57 Å². The topological polar surface area (TPSA) is 4.93 Å². The zero-order chi connectivity index (χ0) is 26.6. The molecular formula is C39H27N. The van der Waals surface area contributed by atoms with E-state index in [1.165, 1.54) is 77.5 Å². The summed E-state index contributed by atoms with van der Waals surface area (Å²) in [6.45, 7) is 2.22. The normalized spacial score (nSPS) is 13.2. The van der Waals surface area contributed by atoms with E-state index in [1.54, 1.807) is 0 Å². The molecule has 1 aliphatic rings. The predicted molar refractivity (Wildman–Crippen MR) is 170 cm³/mol. The lowest BCUT2D eigenvalue weighted by Gasteiger charge is -2.10. The molecule has 0 saturated heterocycles. The van der Waals surface area contributed by atoms with Crippen molar-refractivity contribution in [2.75, 3.05) is 0 Å². The van der Waals surface area contributed by atoms with E-state index in [4.69, 9.17) is 0 Å². The Labute approximate surface area is 234 Å². The molecule has 7 aromatic rings. The van der Waals surface area contributed by atoms with Gasteiger partial charge < -0.3 is 4.57 Å². The number of hydrogen-bond donors (Lipinski definition) is 0. The minimum Gasteiger partial charge on any atom is -0.315 e. The van der Waals surface area contributed by atoms with E-state index in [-0.39, 0.29) is 0 Å². The number of hydrogen-bond acceptors (Lipinski definition) is 0. The van der Waals surface area contributed by atoms with Gasteiger partial charge in [-0.05, 0) is 81.3 Å². The van der Waals surface area contributed by atoms with Gasteiger partial charge in [0.25, 0.3) is 0 Å². The van der Waals surface area contributed by atoms with Gasteiger partial charge in [0.2, 0.25) is 0 Å². The summed E-state index contributed by atoms with van der Waals surface area (Å²) in [6, 6.07) is 50.6. The third-order valence-electron chi connectivity index (χ3n) is 8.32.